The first-order valence-electron chi connectivity index (χ1n) is 6.46. The monoisotopic (exact) mass is 343 g/mol. The van der Waals surface area contributed by atoms with E-state index in [4.69, 9.17) is 23.2 Å². The fraction of sp³-hybridized carbons (Fsp3) is 0.286. The summed E-state index contributed by atoms with van der Waals surface area (Å²) in [4.78, 5) is 17.4. The molecule has 0 spiro atoms. The quantitative estimate of drug-likeness (QED) is 0.847. The maximum Gasteiger partial charge on any atom is 0.253 e. The number of carbonyl (C=O) groups is 1. The van der Waals surface area contributed by atoms with Crippen molar-refractivity contribution < 1.29 is 4.79 Å². The fourth-order valence-corrected chi connectivity index (χ4v) is 3.05. The lowest BCUT2D eigenvalue weighted by molar-refractivity contribution is 0.0940. The van der Waals surface area contributed by atoms with Gasteiger partial charge in [-0.3, -0.25) is 4.79 Å². The standard InChI is InChI=1S/C14H15Cl2N3OS/c1-3-17-13-6-9(10(15)7-18-13)14(20)19-8(2)11-4-5-12(16)21-11/h4-8H,3H2,1-2H3,(H,17,18)(H,19,20). The molecule has 0 aromatic carbocycles. The summed E-state index contributed by atoms with van der Waals surface area (Å²) in [6.07, 6.45) is 1.47. The van der Waals surface area contributed by atoms with Gasteiger partial charge in [-0.25, -0.2) is 4.98 Å². The van der Waals surface area contributed by atoms with Gasteiger partial charge in [0.2, 0.25) is 0 Å². The zero-order valence-corrected chi connectivity index (χ0v) is 13.9. The van der Waals surface area contributed by atoms with E-state index in [2.05, 4.69) is 15.6 Å². The number of thiophene rings is 1. The summed E-state index contributed by atoms with van der Waals surface area (Å²) in [6.45, 7) is 4.58. The van der Waals surface area contributed by atoms with Gasteiger partial charge >= 0.3 is 0 Å². The second-order valence-corrected chi connectivity index (χ2v) is 6.57. The maximum atomic E-state index is 12.3. The van der Waals surface area contributed by atoms with E-state index in [9.17, 15) is 4.79 Å². The van der Waals surface area contributed by atoms with Gasteiger partial charge in [0, 0.05) is 17.6 Å². The Bertz CT molecular complexity index is 645. The largest absolute Gasteiger partial charge is 0.370 e. The minimum absolute atomic E-state index is 0.137. The summed E-state index contributed by atoms with van der Waals surface area (Å²) < 4.78 is 0.697. The normalized spacial score (nSPS) is 12.0. The summed E-state index contributed by atoms with van der Waals surface area (Å²) in [7, 11) is 0. The molecule has 21 heavy (non-hydrogen) atoms. The van der Waals surface area contributed by atoms with Crippen molar-refractivity contribution >= 4 is 46.3 Å². The summed E-state index contributed by atoms with van der Waals surface area (Å²) in [5, 5.41) is 6.29. The second-order valence-electron chi connectivity index (χ2n) is 4.42. The predicted octanol–water partition coefficient (Wildman–Crippen LogP) is 4.37. The van der Waals surface area contributed by atoms with Gasteiger partial charge in [-0.05, 0) is 32.0 Å². The molecule has 1 atom stereocenters. The minimum Gasteiger partial charge on any atom is -0.370 e. The molecule has 0 saturated carbocycles. The number of hydrogen-bond acceptors (Lipinski definition) is 4. The Morgan fingerprint density at radius 3 is 2.81 bits per heavy atom. The Hall–Kier alpha value is -1.30. The number of nitrogens with one attached hydrogen (secondary N) is 2. The second kappa shape index (κ2) is 7.11. The fourth-order valence-electron chi connectivity index (χ4n) is 1.80. The Labute approximate surface area is 137 Å². The molecule has 2 rings (SSSR count). The van der Waals surface area contributed by atoms with E-state index in [-0.39, 0.29) is 11.9 Å². The molecular formula is C14H15Cl2N3OS. The minimum atomic E-state index is -0.237. The first-order chi connectivity index (χ1) is 10.0. The molecule has 2 aromatic rings. The van der Waals surface area contributed by atoms with Crippen molar-refractivity contribution in [2.24, 2.45) is 0 Å². The van der Waals surface area contributed by atoms with Crippen LogP contribution in [0.4, 0.5) is 5.82 Å². The number of rotatable bonds is 5. The number of halogens is 2. The van der Waals surface area contributed by atoms with Crippen molar-refractivity contribution in [3.63, 3.8) is 0 Å². The highest BCUT2D eigenvalue weighted by molar-refractivity contribution is 7.16. The van der Waals surface area contributed by atoms with Gasteiger partial charge < -0.3 is 10.6 Å². The van der Waals surface area contributed by atoms with Gasteiger partial charge in [0.15, 0.2) is 0 Å². The average molecular weight is 344 g/mol. The number of anilines is 1. The summed E-state index contributed by atoms with van der Waals surface area (Å²) >= 11 is 13.4. The molecular weight excluding hydrogens is 329 g/mol. The third-order valence-electron chi connectivity index (χ3n) is 2.83. The molecule has 0 aliphatic carbocycles. The van der Waals surface area contributed by atoms with Crippen LogP contribution in [0.1, 0.15) is 35.1 Å². The van der Waals surface area contributed by atoms with Crippen LogP contribution in [0.3, 0.4) is 0 Å². The molecule has 1 amide bonds. The zero-order valence-electron chi connectivity index (χ0n) is 11.6. The number of aromatic nitrogens is 1. The van der Waals surface area contributed by atoms with Crippen LogP contribution < -0.4 is 10.6 Å². The predicted molar refractivity (Wildman–Crippen MR) is 88.6 cm³/mol. The van der Waals surface area contributed by atoms with Crippen molar-refractivity contribution in [1.82, 2.24) is 10.3 Å². The number of hydrogen-bond donors (Lipinski definition) is 2. The van der Waals surface area contributed by atoms with Gasteiger partial charge in [-0.15, -0.1) is 11.3 Å². The molecule has 0 bridgehead atoms. The summed E-state index contributed by atoms with van der Waals surface area (Å²) in [5.41, 5.74) is 0.400. The van der Waals surface area contributed by atoms with Gasteiger partial charge in [-0.2, -0.15) is 0 Å². The lowest BCUT2D eigenvalue weighted by Gasteiger charge is -2.13. The SMILES string of the molecule is CCNc1cc(C(=O)NC(C)c2ccc(Cl)s2)c(Cl)cn1. The summed E-state index contributed by atoms with van der Waals surface area (Å²) in [6, 6.07) is 5.22. The van der Waals surface area contributed by atoms with Crippen molar-refractivity contribution in [2.45, 2.75) is 19.9 Å². The summed E-state index contributed by atoms with van der Waals surface area (Å²) in [5.74, 6) is 0.387. The van der Waals surface area contributed by atoms with E-state index in [1.165, 1.54) is 17.5 Å². The Morgan fingerprint density at radius 1 is 1.43 bits per heavy atom. The molecule has 2 N–H and O–H groups in total. The Balaban J connectivity index is 2.14. The lowest BCUT2D eigenvalue weighted by atomic mass is 10.2. The molecule has 0 radical (unpaired) electrons. The van der Waals surface area contributed by atoms with E-state index in [1.54, 1.807) is 6.07 Å². The van der Waals surface area contributed by atoms with Gasteiger partial charge in [0.1, 0.15) is 5.82 Å². The van der Waals surface area contributed by atoms with E-state index >= 15 is 0 Å². The molecule has 1 unspecified atom stereocenters. The van der Waals surface area contributed by atoms with Crippen LogP contribution in [0.15, 0.2) is 24.4 Å². The molecule has 0 aliphatic heterocycles. The molecule has 0 fully saturated rings. The van der Waals surface area contributed by atoms with Crippen LogP contribution >= 0.6 is 34.5 Å². The van der Waals surface area contributed by atoms with Crippen LogP contribution in [0.25, 0.3) is 0 Å². The lowest BCUT2D eigenvalue weighted by Crippen LogP contribution is -2.26. The smallest absolute Gasteiger partial charge is 0.253 e. The van der Waals surface area contributed by atoms with E-state index in [0.29, 0.717) is 20.7 Å². The number of nitrogens with zero attached hydrogens (tertiary/aromatic N) is 1. The van der Waals surface area contributed by atoms with Crippen molar-refractivity contribution in [1.29, 1.82) is 0 Å². The van der Waals surface area contributed by atoms with Gasteiger partial charge in [0.25, 0.3) is 5.91 Å². The Morgan fingerprint density at radius 2 is 2.19 bits per heavy atom. The van der Waals surface area contributed by atoms with Gasteiger partial charge in [0.05, 0.1) is 21.0 Å². The first kappa shape index (κ1) is 16.1. The van der Waals surface area contributed by atoms with Crippen LogP contribution in [0.2, 0.25) is 9.36 Å². The number of pyridine rings is 1. The topological polar surface area (TPSA) is 54.0 Å². The van der Waals surface area contributed by atoms with Crippen LogP contribution in [-0.4, -0.2) is 17.4 Å². The maximum absolute atomic E-state index is 12.3. The van der Waals surface area contributed by atoms with E-state index in [0.717, 1.165) is 11.4 Å². The molecule has 0 saturated heterocycles. The highest BCUT2D eigenvalue weighted by atomic mass is 35.5. The average Bonchev–Trinajstić information content (AvgIpc) is 2.88. The van der Waals surface area contributed by atoms with Crippen LogP contribution in [0, 0.1) is 0 Å². The molecule has 0 aliphatic rings. The molecule has 4 nitrogen and oxygen atoms in total. The molecule has 2 heterocycles. The van der Waals surface area contributed by atoms with Crippen molar-refractivity contribution in [3.05, 3.63) is 44.2 Å². The van der Waals surface area contributed by atoms with Crippen LogP contribution in [-0.2, 0) is 0 Å². The van der Waals surface area contributed by atoms with Crippen molar-refractivity contribution in [2.75, 3.05) is 11.9 Å². The van der Waals surface area contributed by atoms with Crippen molar-refractivity contribution in [3.8, 4) is 0 Å². The third-order valence-corrected chi connectivity index (χ3v) is 4.54. The highest BCUT2D eigenvalue weighted by Crippen LogP contribution is 2.27. The van der Waals surface area contributed by atoms with E-state index < -0.39 is 0 Å². The van der Waals surface area contributed by atoms with Crippen LogP contribution in [0.5, 0.6) is 0 Å². The molecule has 112 valence electrons. The first-order valence-corrected chi connectivity index (χ1v) is 8.04. The zero-order chi connectivity index (χ0) is 15.4. The Kier molecular flexibility index (Phi) is 5.45. The highest BCUT2D eigenvalue weighted by Gasteiger charge is 2.16. The number of carbonyl (C=O) groups excluding carboxylic acids is 1. The molecule has 7 heteroatoms. The van der Waals surface area contributed by atoms with E-state index in [1.807, 2.05) is 26.0 Å². The van der Waals surface area contributed by atoms with Gasteiger partial charge in [-0.1, -0.05) is 23.2 Å². The third kappa shape index (κ3) is 4.09. The molecule has 2 aromatic heterocycles. The number of amides is 1.